The van der Waals surface area contributed by atoms with Crippen molar-refractivity contribution in [2.24, 2.45) is 0 Å². The largest absolute Gasteiger partial charge is 0.313 e. The highest BCUT2D eigenvalue weighted by Crippen LogP contribution is 2.16. The van der Waals surface area contributed by atoms with Gasteiger partial charge >= 0.3 is 0 Å². The standard InChI is InChI=1S/C15H21N3/c1-18(12-15-8-5-9-17-15)11-14(10-16)13-6-3-2-4-7-13/h2-4,6-7,14-15,17H,5,8-9,11-12H2,1H3. The molecule has 1 aliphatic heterocycles. The SMILES string of the molecule is CN(CC1CCCN1)CC(C#N)c1ccccc1. The van der Waals surface area contributed by atoms with Crippen LogP contribution in [0, 0.1) is 11.3 Å². The second-order valence-electron chi connectivity index (χ2n) is 5.11. The van der Waals surface area contributed by atoms with Gasteiger partial charge in [0.25, 0.3) is 0 Å². The minimum Gasteiger partial charge on any atom is -0.313 e. The van der Waals surface area contributed by atoms with Gasteiger partial charge in [-0.3, -0.25) is 0 Å². The number of hydrogen-bond donors (Lipinski definition) is 1. The lowest BCUT2D eigenvalue weighted by molar-refractivity contribution is 0.295. The van der Waals surface area contributed by atoms with E-state index in [0.717, 1.165) is 25.2 Å². The van der Waals surface area contributed by atoms with Gasteiger partial charge in [-0.2, -0.15) is 5.26 Å². The molecule has 0 spiro atoms. The zero-order chi connectivity index (χ0) is 12.8. The smallest absolute Gasteiger partial charge is 0.0839 e. The molecule has 0 bridgehead atoms. The van der Waals surface area contributed by atoms with Crippen LogP contribution in [0.1, 0.15) is 24.3 Å². The van der Waals surface area contributed by atoms with Gasteiger partial charge in [-0.25, -0.2) is 0 Å². The number of benzene rings is 1. The van der Waals surface area contributed by atoms with Crippen LogP contribution >= 0.6 is 0 Å². The first-order chi connectivity index (χ1) is 8.79. The Bertz CT molecular complexity index is 390. The van der Waals surface area contributed by atoms with E-state index in [1.165, 1.54) is 12.8 Å². The van der Waals surface area contributed by atoms with Crippen molar-refractivity contribution < 1.29 is 0 Å². The van der Waals surface area contributed by atoms with Crippen molar-refractivity contribution >= 4 is 0 Å². The van der Waals surface area contributed by atoms with Gasteiger partial charge in [0.2, 0.25) is 0 Å². The first-order valence-electron chi connectivity index (χ1n) is 6.66. The third-order valence-electron chi connectivity index (χ3n) is 3.55. The zero-order valence-electron chi connectivity index (χ0n) is 11.0. The summed E-state index contributed by atoms with van der Waals surface area (Å²) in [4.78, 5) is 2.27. The molecule has 1 aromatic carbocycles. The molecule has 1 fully saturated rings. The summed E-state index contributed by atoms with van der Waals surface area (Å²) in [5, 5.41) is 12.8. The monoisotopic (exact) mass is 243 g/mol. The zero-order valence-corrected chi connectivity index (χ0v) is 11.0. The molecule has 96 valence electrons. The summed E-state index contributed by atoms with van der Waals surface area (Å²) in [7, 11) is 2.10. The van der Waals surface area contributed by atoms with Gasteiger partial charge in [-0.15, -0.1) is 0 Å². The third kappa shape index (κ3) is 3.56. The fourth-order valence-electron chi connectivity index (χ4n) is 2.58. The Morgan fingerprint density at radius 2 is 2.22 bits per heavy atom. The molecule has 0 aliphatic carbocycles. The van der Waals surface area contributed by atoms with Crippen molar-refractivity contribution in [3.63, 3.8) is 0 Å². The van der Waals surface area contributed by atoms with Crippen molar-refractivity contribution in [1.29, 1.82) is 5.26 Å². The first kappa shape index (κ1) is 13.1. The molecule has 0 amide bonds. The molecule has 3 heteroatoms. The van der Waals surface area contributed by atoms with E-state index >= 15 is 0 Å². The van der Waals surface area contributed by atoms with Crippen LogP contribution in [-0.4, -0.2) is 37.6 Å². The Morgan fingerprint density at radius 1 is 1.44 bits per heavy atom. The molecule has 1 aliphatic rings. The second kappa shape index (κ2) is 6.53. The Morgan fingerprint density at radius 3 is 2.83 bits per heavy atom. The molecule has 0 saturated carbocycles. The quantitative estimate of drug-likeness (QED) is 0.859. The summed E-state index contributed by atoms with van der Waals surface area (Å²) >= 11 is 0. The third-order valence-corrected chi connectivity index (χ3v) is 3.55. The van der Waals surface area contributed by atoms with E-state index in [-0.39, 0.29) is 5.92 Å². The molecule has 0 radical (unpaired) electrons. The van der Waals surface area contributed by atoms with Gasteiger partial charge in [-0.05, 0) is 32.0 Å². The fourth-order valence-corrected chi connectivity index (χ4v) is 2.58. The lowest BCUT2D eigenvalue weighted by Gasteiger charge is -2.23. The van der Waals surface area contributed by atoms with Crippen LogP contribution in [0.15, 0.2) is 30.3 Å². The number of hydrogen-bond acceptors (Lipinski definition) is 3. The summed E-state index contributed by atoms with van der Waals surface area (Å²) in [6.07, 6.45) is 2.53. The van der Waals surface area contributed by atoms with E-state index in [1.807, 2.05) is 30.3 Å². The van der Waals surface area contributed by atoms with Gasteiger partial charge in [0.15, 0.2) is 0 Å². The Hall–Kier alpha value is -1.37. The Kier molecular flexibility index (Phi) is 4.74. The molecule has 3 nitrogen and oxygen atoms in total. The number of likely N-dealkylation sites (N-methyl/N-ethyl adjacent to an activating group) is 1. The molecule has 1 heterocycles. The van der Waals surface area contributed by atoms with E-state index in [0.29, 0.717) is 6.04 Å². The van der Waals surface area contributed by atoms with Crippen LogP contribution in [-0.2, 0) is 0 Å². The van der Waals surface area contributed by atoms with Crippen LogP contribution in [0.3, 0.4) is 0 Å². The van der Waals surface area contributed by atoms with Crippen molar-refractivity contribution in [2.45, 2.75) is 24.8 Å². The maximum Gasteiger partial charge on any atom is 0.0839 e. The highest BCUT2D eigenvalue weighted by molar-refractivity contribution is 5.25. The summed E-state index contributed by atoms with van der Waals surface area (Å²) in [5.74, 6) is -0.0300. The van der Waals surface area contributed by atoms with Crippen molar-refractivity contribution in [2.75, 3.05) is 26.7 Å². The minimum atomic E-state index is -0.0300. The minimum absolute atomic E-state index is 0.0300. The molecule has 2 unspecified atom stereocenters. The molecular weight excluding hydrogens is 222 g/mol. The molecule has 1 saturated heterocycles. The summed E-state index contributed by atoms with van der Waals surface area (Å²) in [6.45, 7) is 2.97. The van der Waals surface area contributed by atoms with Gasteiger partial charge in [0.1, 0.15) is 0 Å². The van der Waals surface area contributed by atoms with E-state index in [4.69, 9.17) is 0 Å². The van der Waals surface area contributed by atoms with Gasteiger partial charge in [0, 0.05) is 19.1 Å². The van der Waals surface area contributed by atoms with Gasteiger partial charge in [-0.1, -0.05) is 30.3 Å². The molecule has 2 rings (SSSR count). The normalized spacial score (nSPS) is 20.8. The molecule has 18 heavy (non-hydrogen) atoms. The predicted molar refractivity (Wildman–Crippen MR) is 73.3 cm³/mol. The van der Waals surface area contributed by atoms with E-state index in [2.05, 4.69) is 23.3 Å². The molecule has 1 N–H and O–H groups in total. The lowest BCUT2D eigenvalue weighted by atomic mass is 10.00. The van der Waals surface area contributed by atoms with Crippen LogP contribution in [0.4, 0.5) is 0 Å². The molecular formula is C15H21N3. The summed E-state index contributed by atoms with van der Waals surface area (Å²) < 4.78 is 0. The molecule has 1 aromatic rings. The summed E-state index contributed by atoms with van der Waals surface area (Å²) in [5.41, 5.74) is 1.12. The van der Waals surface area contributed by atoms with Crippen LogP contribution < -0.4 is 5.32 Å². The van der Waals surface area contributed by atoms with Crippen molar-refractivity contribution in [1.82, 2.24) is 10.2 Å². The summed E-state index contributed by atoms with van der Waals surface area (Å²) in [6, 6.07) is 13.1. The second-order valence-corrected chi connectivity index (χ2v) is 5.11. The molecule has 2 atom stereocenters. The average molecular weight is 243 g/mol. The van der Waals surface area contributed by atoms with Gasteiger partial charge < -0.3 is 10.2 Å². The number of rotatable bonds is 5. The predicted octanol–water partition coefficient (Wildman–Crippen LogP) is 1.98. The van der Waals surface area contributed by atoms with Crippen LogP contribution in [0.2, 0.25) is 0 Å². The lowest BCUT2D eigenvalue weighted by Crippen LogP contribution is -2.37. The van der Waals surface area contributed by atoms with Crippen LogP contribution in [0.5, 0.6) is 0 Å². The number of nitrogens with zero attached hydrogens (tertiary/aromatic N) is 2. The van der Waals surface area contributed by atoms with E-state index in [9.17, 15) is 5.26 Å². The number of nitriles is 1. The number of nitrogens with one attached hydrogen (secondary N) is 1. The van der Waals surface area contributed by atoms with Gasteiger partial charge in [0.05, 0.1) is 12.0 Å². The topological polar surface area (TPSA) is 39.1 Å². The van der Waals surface area contributed by atoms with E-state index < -0.39 is 0 Å². The van der Waals surface area contributed by atoms with E-state index in [1.54, 1.807) is 0 Å². The first-order valence-corrected chi connectivity index (χ1v) is 6.66. The highest BCUT2D eigenvalue weighted by atomic mass is 15.1. The van der Waals surface area contributed by atoms with Crippen molar-refractivity contribution in [3.05, 3.63) is 35.9 Å². The maximum absolute atomic E-state index is 9.30. The average Bonchev–Trinajstić information content (AvgIpc) is 2.90. The Labute approximate surface area is 109 Å². The Balaban J connectivity index is 1.88. The molecule has 0 aromatic heterocycles. The maximum atomic E-state index is 9.30. The fraction of sp³-hybridized carbons (Fsp3) is 0.533. The highest BCUT2D eigenvalue weighted by Gasteiger charge is 2.18. The van der Waals surface area contributed by atoms with Crippen LogP contribution in [0.25, 0.3) is 0 Å². The van der Waals surface area contributed by atoms with Crippen molar-refractivity contribution in [3.8, 4) is 6.07 Å².